The maximum Gasteiger partial charge on any atom is 0.335 e. The van der Waals surface area contributed by atoms with Crippen LogP contribution in [0.15, 0.2) is 70.9 Å². The number of hydrogen-bond acceptors (Lipinski definition) is 10. The zero-order valence-corrected chi connectivity index (χ0v) is 28.3. The van der Waals surface area contributed by atoms with Crippen LogP contribution in [0.3, 0.4) is 0 Å². The molecular weight excluding hydrogens is 657 g/mol. The number of aromatic carboxylic acids is 1. The van der Waals surface area contributed by atoms with Crippen LogP contribution in [0.4, 0.5) is 0 Å². The SMILES string of the molecule is COc1cc(C(=O)O)ccc1OCCCN1C(=O)C(=Cc2cc(-c3ccc4sccc4c3)ccc2OCCN2CCOCC2)SC1=S. The molecule has 1 N–H and O–H groups in total. The topological polar surface area (TPSA) is 97.8 Å². The number of benzene rings is 3. The van der Waals surface area contributed by atoms with Gasteiger partial charge in [-0.2, -0.15) is 0 Å². The van der Waals surface area contributed by atoms with Gasteiger partial charge in [0.15, 0.2) is 11.5 Å². The Hall–Kier alpha value is -3.94. The summed E-state index contributed by atoms with van der Waals surface area (Å²) in [5.41, 5.74) is 3.05. The molecule has 0 bridgehead atoms. The van der Waals surface area contributed by atoms with Gasteiger partial charge in [0.1, 0.15) is 16.7 Å². The minimum absolute atomic E-state index is 0.110. The van der Waals surface area contributed by atoms with Gasteiger partial charge in [-0.3, -0.25) is 14.6 Å². The molecule has 0 aliphatic carbocycles. The molecule has 0 radical (unpaired) electrons. The van der Waals surface area contributed by atoms with Crippen LogP contribution in [0.5, 0.6) is 17.2 Å². The van der Waals surface area contributed by atoms with E-state index in [1.807, 2.05) is 12.1 Å². The van der Waals surface area contributed by atoms with Crippen molar-refractivity contribution in [2.75, 3.05) is 59.7 Å². The van der Waals surface area contributed by atoms with Gasteiger partial charge in [-0.05, 0) is 82.9 Å². The first-order valence-electron chi connectivity index (χ1n) is 15.2. The molecule has 47 heavy (non-hydrogen) atoms. The van der Waals surface area contributed by atoms with Crippen LogP contribution < -0.4 is 14.2 Å². The van der Waals surface area contributed by atoms with Crippen molar-refractivity contribution in [2.45, 2.75) is 6.42 Å². The standard InChI is InChI=1S/C35H34N2O7S3/c1-41-30-21-26(34(39)40)4-7-29(30)43-14-2-10-37-33(38)32(47-35(37)45)22-27-20-23(24-5-8-31-25(19-24)9-18-46-31)3-6-28(27)44-17-13-36-11-15-42-16-12-36/h3-9,18-22H,2,10-17H2,1H3,(H,39,40). The van der Waals surface area contributed by atoms with Crippen molar-refractivity contribution in [2.24, 2.45) is 0 Å². The van der Waals surface area contributed by atoms with E-state index in [0.717, 1.165) is 49.5 Å². The van der Waals surface area contributed by atoms with Crippen molar-refractivity contribution in [3.63, 3.8) is 0 Å². The number of thioether (sulfide) groups is 1. The number of ether oxygens (including phenoxy) is 4. The van der Waals surface area contributed by atoms with Gasteiger partial charge in [0, 0.05) is 36.4 Å². The number of morpholine rings is 1. The Morgan fingerprint density at radius 2 is 1.72 bits per heavy atom. The lowest BCUT2D eigenvalue weighted by atomic mass is 10.0. The fourth-order valence-corrected chi connectivity index (χ4v) is 7.46. The number of carboxylic acid groups (broad SMARTS) is 1. The summed E-state index contributed by atoms with van der Waals surface area (Å²) < 4.78 is 24.6. The van der Waals surface area contributed by atoms with Crippen LogP contribution in [0.1, 0.15) is 22.3 Å². The van der Waals surface area contributed by atoms with Crippen molar-refractivity contribution >= 4 is 67.7 Å². The molecular formula is C35H34N2O7S3. The number of thiocarbonyl (C=S) groups is 1. The highest BCUT2D eigenvalue weighted by molar-refractivity contribution is 8.26. The first-order chi connectivity index (χ1) is 22.9. The highest BCUT2D eigenvalue weighted by Gasteiger charge is 2.32. The van der Waals surface area contributed by atoms with Crippen molar-refractivity contribution in [3.8, 4) is 28.4 Å². The number of carbonyl (C=O) groups is 2. The lowest BCUT2D eigenvalue weighted by Crippen LogP contribution is -2.38. The fraction of sp³-hybridized carbons (Fsp3) is 0.286. The summed E-state index contributed by atoms with van der Waals surface area (Å²) in [7, 11) is 1.46. The van der Waals surface area contributed by atoms with Gasteiger partial charge in [-0.1, -0.05) is 36.1 Å². The Bertz CT molecular complexity index is 1820. The quantitative estimate of drug-likeness (QED) is 0.0933. The Labute approximate surface area is 286 Å². The van der Waals surface area contributed by atoms with Gasteiger partial charge in [0.25, 0.3) is 5.91 Å². The van der Waals surface area contributed by atoms with E-state index in [1.165, 1.54) is 41.1 Å². The molecule has 2 aliphatic heterocycles. The second-order valence-electron chi connectivity index (χ2n) is 10.9. The van der Waals surface area contributed by atoms with E-state index < -0.39 is 5.97 Å². The summed E-state index contributed by atoms with van der Waals surface area (Å²) in [6.45, 7) is 5.21. The van der Waals surface area contributed by atoms with E-state index in [-0.39, 0.29) is 18.1 Å². The number of carbonyl (C=O) groups excluding carboxylic acids is 1. The van der Waals surface area contributed by atoms with Gasteiger partial charge in [0.2, 0.25) is 0 Å². The zero-order valence-electron chi connectivity index (χ0n) is 25.8. The van der Waals surface area contributed by atoms with E-state index >= 15 is 0 Å². The molecule has 3 aromatic carbocycles. The maximum absolute atomic E-state index is 13.6. The average Bonchev–Trinajstić information content (AvgIpc) is 3.66. The summed E-state index contributed by atoms with van der Waals surface area (Å²) in [5, 5.41) is 12.5. The molecule has 0 saturated carbocycles. The first-order valence-corrected chi connectivity index (χ1v) is 17.3. The fourth-order valence-electron chi connectivity index (χ4n) is 5.39. The second kappa shape index (κ2) is 15.3. The molecule has 2 saturated heterocycles. The molecule has 12 heteroatoms. The number of rotatable bonds is 13. The van der Waals surface area contributed by atoms with E-state index in [0.29, 0.717) is 46.0 Å². The van der Waals surface area contributed by atoms with Gasteiger partial charge < -0.3 is 24.1 Å². The predicted molar refractivity (Wildman–Crippen MR) is 190 cm³/mol. The van der Waals surface area contributed by atoms with Crippen LogP contribution in [0.25, 0.3) is 27.3 Å². The Morgan fingerprint density at radius 1 is 0.957 bits per heavy atom. The highest BCUT2D eigenvalue weighted by Crippen LogP contribution is 2.37. The Morgan fingerprint density at radius 3 is 2.53 bits per heavy atom. The summed E-state index contributed by atoms with van der Waals surface area (Å²) in [5.74, 6) is 0.268. The van der Waals surface area contributed by atoms with E-state index in [2.05, 4.69) is 46.7 Å². The van der Waals surface area contributed by atoms with Gasteiger partial charge in [-0.15, -0.1) is 11.3 Å². The minimum atomic E-state index is -1.05. The highest BCUT2D eigenvalue weighted by atomic mass is 32.2. The molecule has 4 aromatic rings. The van der Waals surface area contributed by atoms with Crippen molar-refractivity contribution in [1.82, 2.24) is 9.80 Å². The second-order valence-corrected chi connectivity index (χ2v) is 13.6. The average molecular weight is 691 g/mol. The molecule has 6 rings (SSSR count). The van der Waals surface area contributed by atoms with E-state index in [9.17, 15) is 14.7 Å². The van der Waals surface area contributed by atoms with E-state index in [1.54, 1.807) is 22.3 Å². The van der Waals surface area contributed by atoms with Crippen molar-refractivity contribution in [1.29, 1.82) is 0 Å². The Balaban J connectivity index is 1.16. The molecule has 3 heterocycles. The summed E-state index contributed by atoms with van der Waals surface area (Å²) in [6.07, 6.45) is 2.39. The lowest BCUT2D eigenvalue weighted by molar-refractivity contribution is -0.122. The molecule has 2 aliphatic rings. The van der Waals surface area contributed by atoms with E-state index in [4.69, 9.17) is 31.2 Å². The van der Waals surface area contributed by atoms with Gasteiger partial charge in [-0.25, -0.2) is 4.79 Å². The number of amides is 1. The number of methoxy groups -OCH3 is 1. The third kappa shape index (κ3) is 7.96. The molecule has 0 atom stereocenters. The zero-order chi connectivity index (χ0) is 32.8. The van der Waals surface area contributed by atoms with Crippen molar-refractivity contribution in [3.05, 3.63) is 82.1 Å². The minimum Gasteiger partial charge on any atom is -0.493 e. The molecule has 1 amide bonds. The van der Waals surface area contributed by atoms with Crippen molar-refractivity contribution < 1.29 is 33.6 Å². The number of hydrogen-bond donors (Lipinski definition) is 1. The first kappa shape index (κ1) is 33.0. The van der Waals surface area contributed by atoms with Crippen LogP contribution in [0.2, 0.25) is 0 Å². The largest absolute Gasteiger partial charge is 0.493 e. The van der Waals surface area contributed by atoms with Crippen LogP contribution >= 0.6 is 35.3 Å². The molecule has 0 spiro atoms. The summed E-state index contributed by atoms with van der Waals surface area (Å²) in [4.78, 5) is 29.3. The van der Waals surface area contributed by atoms with Crippen LogP contribution in [-0.4, -0.2) is 90.8 Å². The number of fused-ring (bicyclic) bond motifs is 1. The number of carboxylic acids is 1. The van der Waals surface area contributed by atoms with Gasteiger partial charge in [0.05, 0.1) is 37.4 Å². The van der Waals surface area contributed by atoms with Crippen LogP contribution in [-0.2, 0) is 9.53 Å². The Kier molecular flexibility index (Phi) is 10.7. The third-order valence-electron chi connectivity index (χ3n) is 7.92. The lowest BCUT2D eigenvalue weighted by Gasteiger charge is -2.26. The predicted octanol–water partition coefficient (Wildman–Crippen LogP) is 6.66. The smallest absolute Gasteiger partial charge is 0.335 e. The molecule has 2 fully saturated rings. The maximum atomic E-state index is 13.6. The number of thiophene rings is 1. The monoisotopic (exact) mass is 690 g/mol. The number of nitrogens with zero attached hydrogens (tertiary/aromatic N) is 2. The van der Waals surface area contributed by atoms with Crippen LogP contribution in [0, 0.1) is 0 Å². The summed E-state index contributed by atoms with van der Waals surface area (Å²) in [6, 6.07) is 19.1. The third-order valence-corrected chi connectivity index (χ3v) is 10.2. The normalized spacial score (nSPS) is 16.3. The molecule has 244 valence electrons. The molecule has 0 unspecified atom stereocenters. The molecule has 9 nitrogen and oxygen atoms in total. The summed E-state index contributed by atoms with van der Waals surface area (Å²) >= 11 is 8.61. The van der Waals surface area contributed by atoms with Gasteiger partial charge >= 0.3 is 5.97 Å². The molecule has 1 aromatic heterocycles.